The quantitative estimate of drug-likeness (QED) is 0.660. The molecule has 29 heavy (non-hydrogen) atoms. The predicted molar refractivity (Wildman–Crippen MR) is 109 cm³/mol. The molecule has 1 aliphatic rings. The molecule has 5 nitrogen and oxygen atoms in total. The zero-order valence-corrected chi connectivity index (χ0v) is 16.1. The number of esters is 1. The minimum Gasteiger partial charge on any atom is -0.508 e. The van der Waals surface area contributed by atoms with Crippen LogP contribution in [-0.2, 0) is 9.53 Å². The summed E-state index contributed by atoms with van der Waals surface area (Å²) in [7, 11) is 1.33. The topological polar surface area (TPSA) is 65.0 Å². The number of carbonyl (C=O) groups is 1. The van der Waals surface area contributed by atoms with Gasteiger partial charge in [-0.15, -0.1) is 0 Å². The van der Waals surface area contributed by atoms with Crippen LogP contribution >= 0.6 is 0 Å². The van der Waals surface area contributed by atoms with Crippen molar-refractivity contribution in [1.29, 1.82) is 0 Å². The number of benzene rings is 3. The summed E-state index contributed by atoms with van der Waals surface area (Å²) in [5.74, 6) is 1.27. The third kappa shape index (κ3) is 4.04. The molecule has 5 heteroatoms. The van der Waals surface area contributed by atoms with E-state index in [-0.39, 0.29) is 24.2 Å². The van der Waals surface area contributed by atoms with E-state index < -0.39 is 5.97 Å². The van der Waals surface area contributed by atoms with Gasteiger partial charge in [0.1, 0.15) is 17.2 Å². The Labute approximate surface area is 169 Å². The molecule has 2 unspecified atom stereocenters. The minimum atomic E-state index is -0.420. The summed E-state index contributed by atoms with van der Waals surface area (Å²) in [6, 6.07) is 23.3. The summed E-state index contributed by atoms with van der Waals surface area (Å²) < 4.78 is 16.1. The number of methoxy groups -OCH3 is 1. The first-order valence-corrected chi connectivity index (χ1v) is 9.46. The normalized spacial score (nSPS) is 17.7. The molecule has 148 valence electrons. The SMILES string of the molecule is COC(=O)COc1ccc(C2c3ccc(O)cc3OCC2c2ccccc2)cc1. The molecule has 4 rings (SSSR count). The van der Waals surface area contributed by atoms with Gasteiger partial charge in [0, 0.05) is 23.5 Å². The van der Waals surface area contributed by atoms with Gasteiger partial charge in [0.05, 0.1) is 13.7 Å². The highest BCUT2D eigenvalue weighted by molar-refractivity contribution is 5.70. The van der Waals surface area contributed by atoms with Crippen molar-refractivity contribution in [2.45, 2.75) is 11.8 Å². The first-order chi connectivity index (χ1) is 14.2. The Bertz CT molecular complexity index is 982. The molecular weight excluding hydrogens is 368 g/mol. The lowest BCUT2D eigenvalue weighted by Crippen LogP contribution is -2.25. The standard InChI is InChI=1S/C24H22O5/c1-27-23(26)15-28-19-10-7-17(8-11-19)24-20-12-9-18(25)13-22(20)29-14-21(24)16-5-3-2-4-6-16/h2-13,21,24-25H,14-15H2,1H3. The molecule has 0 spiro atoms. The molecule has 0 saturated carbocycles. The van der Waals surface area contributed by atoms with Crippen LogP contribution in [-0.4, -0.2) is 31.4 Å². The summed E-state index contributed by atoms with van der Waals surface area (Å²) in [5, 5.41) is 9.85. The summed E-state index contributed by atoms with van der Waals surface area (Å²) in [5.41, 5.74) is 3.34. The molecule has 1 N–H and O–H groups in total. The van der Waals surface area contributed by atoms with Crippen LogP contribution < -0.4 is 9.47 Å². The van der Waals surface area contributed by atoms with Crippen LogP contribution in [0.3, 0.4) is 0 Å². The van der Waals surface area contributed by atoms with Gasteiger partial charge in [-0.1, -0.05) is 48.5 Å². The second-order valence-corrected chi connectivity index (χ2v) is 6.96. The van der Waals surface area contributed by atoms with Crippen molar-refractivity contribution >= 4 is 5.97 Å². The van der Waals surface area contributed by atoms with Gasteiger partial charge in [0.15, 0.2) is 6.61 Å². The highest BCUT2D eigenvalue weighted by atomic mass is 16.6. The van der Waals surface area contributed by atoms with E-state index in [0.717, 1.165) is 11.1 Å². The summed E-state index contributed by atoms with van der Waals surface area (Å²) >= 11 is 0. The first-order valence-electron chi connectivity index (χ1n) is 9.46. The van der Waals surface area contributed by atoms with E-state index in [2.05, 4.69) is 16.9 Å². The van der Waals surface area contributed by atoms with Crippen molar-refractivity contribution in [3.63, 3.8) is 0 Å². The molecule has 0 radical (unpaired) electrons. The highest BCUT2D eigenvalue weighted by Crippen LogP contribution is 2.47. The molecule has 3 aromatic carbocycles. The Kier molecular flexibility index (Phi) is 5.38. The molecule has 0 bridgehead atoms. The van der Waals surface area contributed by atoms with Crippen molar-refractivity contribution in [3.8, 4) is 17.2 Å². The fraction of sp³-hybridized carbons (Fsp3) is 0.208. The molecule has 0 amide bonds. The van der Waals surface area contributed by atoms with Crippen LogP contribution in [0.25, 0.3) is 0 Å². The van der Waals surface area contributed by atoms with E-state index >= 15 is 0 Å². The van der Waals surface area contributed by atoms with Crippen molar-refractivity contribution in [3.05, 3.63) is 89.5 Å². The molecular formula is C24H22O5. The second-order valence-electron chi connectivity index (χ2n) is 6.96. The van der Waals surface area contributed by atoms with Crippen LogP contribution in [0.2, 0.25) is 0 Å². The fourth-order valence-electron chi connectivity index (χ4n) is 3.77. The predicted octanol–water partition coefficient (Wildman–Crippen LogP) is 4.25. The zero-order valence-electron chi connectivity index (χ0n) is 16.1. The third-order valence-electron chi connectivity index (χ3n) is 5.20. The molecule has 3 aromatic rings. The maximum absolute atomic E-state index is 11.3. The van der Waals surface area contributed by atoms with E-state index in [4.69, 9.17) is 9.47 Å². The van der Waals surface area contributed by atoms with Gasteiger partial charge in [-0.25, -0.2) is 4.79 Å². The van der Waals surface area contributed by atoms with Gasteiger partial charge in [0.25, 0.3) is 0 Å². The van der Waals surface area contributed by atoms with Crippen molar-refractivity contribution in [1.82, 2.24) is 0 Å². The average molecular weight is 390 g/mol. The molecule has 0 saturated heterocycles. The van der Waals surface area contributed by atoms with Gasteiger partial charge >= 0.3 is 5.97 Å². The Hall–Kier alpha value is -3.47. The lowest BCUT2D eigenvalue weighted by Gasteiger charge is -2.34. The van der Waals surface area contributed by atoms with Crippen LogP contribution in [0.15, 0.2) is 72.8 Å². The summed E-state index contributed by atoms with van der Waals surface area (Å²) in [6.07, 6.45) is 0. The maximum Gasteiger partial charge on any atom is 0.343 e. The van der Waals surface area contributed by atoms with E-state index in [9.17, 15) is 9.90 Å². The smallest absolute Gasteiger partial charge is 0.343 e. The first kappa shape index (κ1) is 18.9. The molecule has 0 aromatic heterocycles. The molecule has 2 atom stereocenters. The summed E-state index contributed by atoms with van der Waals surface area (Å²) in [6.45, 7) is 0.396. The zero-order chi connectivity index (χ0) is 20.2. The Morgan fingerprint density at radius 2 is 1.79 bits per heavy atom. The maximum atomic E-state index is 11.3. The lowest BCUT2D eigenvalue weighted by molar-refractivity contribution is -0.142. The Morgan fingerprint density at radius 3 is 2.52 bits per heavy atom. The van der Waals surface area contributed by atoms with E-state index in [1.54, 1.807) is 12.1 Å². The number of phenols is 1. The monoisotopic (exact) mass is 390 g/mol. The van der Waals surface area contributed by atoms with Gasteiger partial charge in [-0.3, -0.25) is 0 Å². The van der Waals surface area contributed by atoms with Crippen LogP contribution in [0, 0.1) is 0 Å². The van der Waals surface area contributed by atoms with Crippen molar-refractivity contribution < 1.29 is 24.1 Å². The number of carbonyl (C=O) groups excluding carboxylic acids is 1. The van der Waals surface area contributed by atoms with E-state index in [1.165, 1.54) is 12.7 Å². The molecule has 1 aliphatic heterocycles. The lowest BCUT2D eigenvalue weighted by atomic mass is 9.76. The van der Waals surface area contributed by atoms with Gasteiger partial charge < -0.3 is 19.3 Å². The molecule has 0 fully saturated rings. The Balaban J connectivity index is 1.68. The molecule has 1 heterocycles. The van der Waals surface area contributed by atoms with Gasteiger partial charge in [-0.2, -0.15) is 0 Å². The second kappa shape index (κ2) is 8.27. The van der Waals surface area contributed by atoms with Crippen LogP contribution in [0.5, 0.6) is 17.2 Å². The number of aromatic hydroxyl groups is 1. The van der Waals surface area contributed by atoms with Crippen molar-refractivity contribution in [2.24, 2.45) is 0 Å². The highest BCUT2D eigenvalue weighted by Gasteiger charge is 2.33. The number of hydrogen-bond donors (Lipinski definition) is 1. The van der Waals surface area contributed by atoms with Crippen LogP contribution in [0.4, 0.5) is 0 Å². The number of hydrogen-bond acceptors (Lipinski definition) is 5. The van der Waals surface area contributed by atoms with Gasteiger partial charge in [-0.05, 0) is 29.3 Å². The number of phenolic OH excluding ortho intramolecular Hbond substituents is 1. The largest absolute Gasteiger partial charge is 0.508 e. The van der Waals surface area contributed by atoms with Gasteiger partial charge in [0.2, 0.25) is 0 Å². The van der Waals surface area contributed by atoms with Crippen molar-refractivity contribution in [2.75, 3.05) is 20.3 Å². The van der Waals surface area contributed by atoms with E-state index in [0.29, 0.717) is 18.1 Å². The fourth-order valence-corrected chi connectivity index (χ4v) is 3.77. The number of rotatable bonds is 5. The number of ether oxygens (including phenoxy) is 3. The Morgan fingerprint density at radius 1 is 1.03 bits per heavy atom. The average Bonchev–Trinajstić information content (AvgIpc) is 2.77. The van der Waals surface area contributed by atoms with E-state index in [1.807, 2.05) is 48.5 Å². The molecule has 0 aliphatic carbocycles. The third-order valence-corrected chi connectivity index (χ3v) is 5.20. The summed E-state index contributed by atoms with van der Waals surface area (Å²) in [4.78, 5) is 11.3. The number of fused-ring (bicyclic) bond motifs is 1. The minimum absolute atomic E-state index is 0.0661. The van der Waals surface area contributed by atoms with Crippen LogP contribution in [0.1, 0.15) is 28.5 Å².